The van der Waals surface area contributed by atoms with E-state index < -0.39 is 10.0 Å². The Hall–Kier alpha value is -3.07. The lowest BCUT2D eigenvalue weighted by molar-refractivity contribution is -0.147. The van der Waals surface area contributed by atoms with Crippen molar-refractivity contribution in [2.75, 3.05) is 10.0 Å². The van der Waals surface area contributed by atoms with Crippen LogP contribution in [-0.2, 0) is 19.6 Å². The molecule has 0 saturated heterocycles. The molecule has 0 radical (unpaired) electrons. The van der Waals surface area contributed by atoms with E-state index in [-0.39, 0.29) is 23.0 Å². The average molecular weight is 429 g/mol. The first kappa shape index (κ1) is 20.2. The first-order valence-electron chi connectivity index (χ1n) is 9.85. The van der Waals surface area contributed by atoms with Gasteiger partial charge >= 0.3 is 5.97 Å². The molecular formula is C21H24N4O4S. The van der Waals surface area contributed by atoms with Crippen molar-refractivity contribution in [1.29, 1.82) is 0 Å². The van der Waals surface area contributed by atoms with E-state index in [0.29, 0.717) is 35.2 Å². The second kappa shape index (κ2) is 7.98. The zero-order chi connectivity index (χ0) is 21.3. The van der Waals surface area contributed by atoms with Crippen molar-refractivity contribution in [2.45, 2.75) is 49.6 Å². The van der Waals surface area contributed by atoms with Gasteiger partial charge in [0.2, 0.25) is 0 Å². The average Bonchev–Trinajstić information content (AvgIpc) is 3.17. The van der Waals surface area contributed by atoms with Gasteiger partial charge in [-0.15, -0.1) is 0 Å². The molecule has 0 bridgehead atoms. The van der Waals surface area contributed by atoms with Gasteiger partial charge in [-0.2, -0.15) is 0 Å². The van der Waals surface area contributed by atoms with Crippen molar-refractivity contribution < 1.29 is 17.9 Å². The van der Waals surface area contributed by atoms with Crippen molar-refractivity contribution in [3.05, 3.63) is 48.8 Å². The molecule has 8 nitrogen and oxygen atoms in total. The van der Waals surface area contributed by atoms with Crippen LogP contribution in [0.1, 0.15) is 32.6 Å². The number of sulfonamides is 1. The van der Waals surface area contributed by atoms with Crippen molar-refractivity contribution in [3.8, 4) is 0 Å². The van der Waals surface area contributed by atoms with E-state index in [2.05, 4.69) is 9.97 Å². The predicted molar refractivity (Wildman–Crippen MR) is 114 cm³/mol. The van der Waals surface area contributed by atoms with E-state index in [1.807, 2.05) is 6.07 Å². The Balaban J connectivity index is 1.83. The highest BCUT2D eigenvalue weighted by molar-refractivity contribution is 7.92. The van der Waals surface area contributed by atoms with Crippen LogP contribution in [0.3, 0.4) is 0 Å². The van der Waals surface area contributed by atoms with Crippen LogP contribution in [0, 0.1) is 0 Å². The Morgan fingerprint density at radius 1 is 1.27 bits per heavy atom. The number of benzene rings is 1. The van der Waals surface area contributed by atoms with Crippen LogP contribution < -0.4 is 10.0 Å². The summed E-state index contributed by atoms with van der Waals surface area (Å²) in [4.78, 5) is 18.9. The summed E-state index contributed by atoms with van der Waals surface area (Å²) >= 11 is 0. The smallest absolute Gasteiger partial charge is 0.302 e. The number of nitrogen functional groups attached to an aromatic ring is 1. The minimum Gasteiger partial charge on any atom is -0.462 e. The van der Waals surface area contributed by atoms with Crippen LogP contribution in [0.2, 0.25) is 0 Å². The Morgan fingerprint density at radius 2 is 2.10 bits per heavy atom. The second-order valence-electron chi connectivity index (χ2n) is 7.50. The maximum atomic E-state index is 13.8. The minimum absolute atomic E-state index is 0.123. The van der Waals surface area contributed by atoms with Gasteiger partial charge in [-0.05, 0) is 49.6 Å². The maximum absolute atomic E-state index is 13.8. The Morgan fingerprint density at radius 3 is 2.87 bits per heavy atom. The first-order chi connectivity index (χ1) is 14.4. The molecule has 9 heteroatoms. The van der Waals surface area contributed by atoms with Crippen molar-refractivity contribution >= 4 is 38.4 Å². The number of nitrogens with one attached hydrogen (secondary N) is 1. The molecule has 1 aliphatic rings. The first-order valence-corrected chi connectivity index (χ1v) is 11.3. The number of carbonyl (C=O) groups is 1. The highest BCUT2D eigenvalue weighted by Crippen LogP contribution is 2.37. The van der Waals surface area contributed by atoms with E-state index in [1.54, 1.807) is 36.7 Å². The van der Waals surface area contributed by atoms with Gasteiger partial charge in [-0.25, -0.2) is 13.4 Å². The van der Waals surface area contributed by atoms with Gasteiger partial charge in [0, 0.05) is 42.9 Å². The SMILES string of the molecule is CC(=O)OC1CCCC(N(c2ccnc3[nH]ccc23)S(=O)(=O)c2cccc(N)c2)C1. The number of fused-ring (bicyclic) bond motifs is 1. The highest BCUT2D eigenvalue weighted by Gasteiger charge is 2.37. The third-order valence-electron chi connectivity index (χ3n) is 5.35. The molecule has 0 aliphatic heterocycles. The fraction of sp³-hybridized carbons (Fsp3) is 0.333. The number of H-pyrrole nitrogens is 1. The summed E-state index contributed by atoms with van der Waals surface area (Å²) in [5, 5.41) is 0.708. The quantitative estimate of drug-likeness (QED) is 0.476. The van der Waals surface area contributed by atoms with Gasteiger partial charge in [0.25, 0.3) is 10.0 Å². The van der Waals surface area contributed by atoms with Gasteiger partial charge in [-0.3, -0.25) is 9.10 Å². The van der Waals surface area contributed by atoms with Crippen LogP contribution in [0.15, 0.2) is 53.7 Å². The number of carbonyl (C=O) groups excluding carboxylic acids is 1. The summed E-state index contributed by atoms with van der Waals surface area (Å²) in [5.41, 5.74) is 7.39. The molecule has 1 saturated carbocycles. The van der Waals surface area contributed by atoms with Crippen LogP contribution >= 0.6 is 0 Å². The van der Waals surface area contributed by atoms with Crippen LogP contribution in [0.4, 0.5) is 11.4 Å². The second-order valence-corrected chi connectivity index (χ2v) is 9.31. The monoisotopic (exact) mass is 428 g/mol. The normalized spacial score (nSPS) is 19.5. The third kappa shape index (κ3) is 3.85. The number of hydrogen-bond donors (Lipinski definition) is 2. The fourth-order valence-electron chi connectivity index (χ4n) is 4.12. The van der Waals surface area contributed by atoms with Crippen molar-refractivity contribution in [3.63, 3.8) is 0 Å². The van der Waals surface area contributed by atoms with Crippen molar-refractivity contribution in [2.24, 2.45) is 0 Å². The van der Waals surface area contributed by atoms with Gasteiger partial charge < -0.3 is 15.5 Å². The lowest BCUT2D eigenvalue weighted by atomic mass is 9.92. The largest absolute Gasteiger partial charge is 0.462 e. The molecule has 0 spiro atoms. The fourth-order valence-corrected chi connectivity index (χ4v) is 5.89. The maximum Gasteiger partial charge on any atom is 0.302 e. The Kier molecular flexibility index (Phi) is 5.38. The van der Waals surface area contributed by atoms with Gasteiger partial charge in [0.1, 0.15) is 11.8 Å². The molecule has 30 heavy (non-hydrogen) atoms. The molecule has 1 aliphatic carbocycles. The standard InChI is InChI=1S/C21H24N4O4S/c1-14(26)29-17-6-3-5-16(13-17)25(20-9-11-24-21-19(20)8-10-23-21)30(27,28)18-7-2-4-15(22)12-18/h2,4,7-12,16-17H,3,5-6,13,22H2,1H3,(H,23,24). The summed E-state index contributed by atoms with van der Waals surface area (Å²) in [6.45, 7) is 1.37. The lowest BCUT2D eigenvalue weighted by Gasteiger charge is -2.38. The topological polar surface area (TPSA) is 118 Å². The number of ether oxygens (including phenoxy) is 1. The number of pyridine rings is 1. The zero-order valence-electron chi connectivity index (χ0n) is 16.6. The molecule has 0 amide bonds. The Bertz CT molecular complexity index is 1170. The molecular weight excluding hydrogens is 404 g/mol. The van der Waals surface area contributed by atoms with Crippen LogP contribution in [0.5, 0.6) is 0 Å². The summed E-state index contributed by atoms with van der Waals surface area (Å²) in [7, 11) is -3.93. The van der Waals surface area contributed by atoms with E-state index in [0.717, 1.165) is 12.8 Å². The number of aromatic amines is 1. The summed E-state index contributed by atoms with van der Waals surface area (Å²) < 4.78 is 34.5. The lowest BCUT2D eigenvalue weighted by Crippen LogP contribution is -2.45. The summed E-state index contributed by atoms with van der Waals surface area (Å²) in [6, 6.07) is 9.43. The van der Waals surface area contributed by atoms with Gasteiger partial charge in [0.05, 0.1) is 10.6 Å². The summed E-state index contributed by atoms with van der Waals surface area (Å²) in [5.74, 6) is -0.358. The number of aromatic nitrogens is 2. The number of nitrogens with two attached hydrogens (primary N) is 1. The van der Waals surface area contributed by atoms with Gasteiger partial charge in [-0.1, -0.05) is 6.07 Å². The molecule has 1 aromatic carbocycles. The zero-order valence-corrected chi connectivity index (χ0v) is 17.4. The number of rotatable bonds is 5. The molecule has 2 atom stereocenters. The van der Waals surface area contributed by atoms with E-state index in [1.165, 1.54) is 17.3 Å². The highest BCUT2D eigenvalue weighted by atomic mass is 32.2. The van der Waals surface area contributed by atoms with Gasteiger partial charge in [0.15, 0.2) is 0 Å². The number of hydrogen-bond acceptors (Lipinski definition) is 6. The molecule has 3 aromatic rings. The molecule has 2 unspecified atom stereocenters. The molecule has 2 heterocycles. The van der Waals surface area contributed by atoms with Crippen LogP contribution in [0.25, 0.3) is 11.0 Å². The molecule has 3 N–H and O–H groups in total. The minimum atomic E-state index is -3.93. The number of nitrogens with zero attached hydrogens (tertiary/aromatic N) is 2. The van der Waals surface area contributed by atoms with E-state index >= 15 is 0 Å². The van der Waals surface area contributed by atoms with Crippen molar-refractivity contribution in [1.82, 2.24) is 9.97 Å². The van der Waals surface area contributed by atoms with Crippen LogP contribution in [-0.4, -0.2) is 36.5 Å². The molecule has 1 fully saturated rings. The Labute approximate surface area is 175 Å². The number of esters is 1. The predicted octanol–water partition coefficient (Wildman–Crippen LogP) is 3.21. The van der Waals surface area contributed by atoms with E-state index in [9.17, 15) is 13.2 Å². The third-order valence-corrected chi connectivity index (χ3v) is 7.21. The molecule has 2 aromatic heterocycles. The number of anilines is 2. The molecule has 158 valence electrons. The molecule has 4 rings (SSSR count). The van der Waals surface area contributed by atoms with E-state index in [4.69, 9.17) is 10.5 Å². The summed E-state index contributed by atoms with van der Waals surface area (Å²) in [6.07, 6.45) is 5.56.